The van der Waals surface area contributed by atoms with Crippen molar-refractivity contribution in [1.82, 2.24) is 8.75 Å². The van der Waals surface area contributed by atoms with Crippen LogP contribution in [-0.4, -0.2) is 43.6 Å². The molecule has 0 heterocycles. The van der Waals surface area contributed by atoms with Crippen LogP contribution in [0.25, 0.3) is 0 Å². The van der Waals surface area contributed by atoms with Gasteiger partial charge >= 0.3 is 0 Å². The SMILES string of the molecule is C[Si](C)(C)N=P(C)(N[Si](C)(C)C)N([Si](C)(C)C)[Si](C)(C)C. The maximum Gasteiger partial charge on any atom is 0.173 e. The lowest BCUT2D eigenvalue weighted by Crippen LogP contribution is -2.60. The molecule has 1 atom stereocenters. The zero-order valence-electron chi connectivity index (χ0n) is 16.8. The van der Waals surface area contributed by atoms with Crippen LogP contribution in [0.15, 0.2) is 4.41 Å². The summed E-state index contributed by atoms with van der Waals surface area (Å²) in [5.41, 5.74) is 0. The normalized spacial score (nSPS) is 17.8. The fraction of sp³-hybridized carbons (Fsp3) is 1.00. The average Bonchev–Trinajstić information content (AvgIpc) is 1.83. The van der Waals surface area contributed by atoms with Gasteiger partial charge in [0.15, 0.2) is 8.24 Å². The van der Waals surface area contributed by atoms with Gasteiger partial charge in [-0.25, -0.2) is 0 Å². The van der Waals surface area contributed by atoms with E-state index in [0.717, 1.165) is 0 Å². The molecule has 0 aromatic carbocycles. The van der Waals surface area contributed by atoms with Crippen molar-refractivity contribution in [2.75, 3.05) is 6.66 Å². The smallest absolute Gasteiger partial charge is 0.173 e. The van der Waals surface area contributed by atoms with Crippen molar-refractivity contribution < 1.29 is 0 Å². The predicted molar refractivity (Wildman–Crippen MR) is 114 cm³/mol. The summed E-state index contributed by atoms with van der Waals surface area (Å²) in [5, 5.41) is 0. The molecule has 0 spiro atoms. The lowest BCUT2D eigenvalue weighted by Gasteiger charge is -2.52. The molecule has 0 saturated heterocycles. The molecule has 0 aromatic rings. The van der Waals surface area contributed by atoms with Gasteiger partial charge in [-0.3, -0.25) is 4.75 Å². The molecule has 0 aliphatic rings. The molecule has 8 heteroatoms. The van der Waals surface area contributed by atoms with Crippen LogP contribution in [0.4, 0.5) is 0 Å². The van der Waals surface area contributed by atoms with Crippen molar-refractivity contribution in [1.29, 1.82) is 0 Å². The van der Waals surface area contributed by atoms with E-state index in [4.69, 9.17) is 4.41 Å². The number of hydrogen-bond acceptors (Lipinski definition) is 1. The van der Waals surface area contributed by atoms with Crippen LogP contribution in [0.5, 0.6) is 0 Å². The average molecular weight is 382 g/mol. The van der Waals surface area contributed by atoms with Gasteiger partial charge in [-0.2, -0.15) is 0 Å². The van der Waals surface area contributed by atoms with Gasteiger partial charge in [0.1, 0.15) is 24.7 Å². The van der Waals surface area contributed by atoms with Gasteiger partial charge in [-0.15, -0.1) is 0 Å². The molecule has 0 aliphatic carbocycles. The third kappa shape index (κ3) is 7.90. The van der Waals surface area contributed by atoms with E-state index in [1.807, 2.05) is 0 Å². The molecule has 0 aromatic heterocycles. The summed E-state index contributed by atoms with van der Waals surface area (Å²) in [4.78, 5) is 0. The Morgan fingerprint density at radius 3 is 1.24 bits per heavy atom. The number of rotatable bonds is 6. The molecule has 0 rings (SSSR count). The van der Waals surface area contributed by atoms with E-state index < -0.39 is 40.3 Å². The Kier molecular flexibility index (Phi) is 6.81. The highest BCUT2D eigenvalue weighted by Crippen LogP contribution is 2.54. The molecule has 0 fully saturated rings. The van der Waals surface area contributed by atoms with Gasteiger partial charge in [0, 0.05) is 0 Å². The Morgan fingerprint density at radius 2 is 1.05 bits per heavy atom. The minimum atomic E-state index is -1.61. The Balaban J connectivity index is 6.30. The van der Waals surface area contributed by atoms with E-state index >= 15 is 0 Å². The summed E-state index contributed by atoms with van der Waals surface area (Å²) in [6, 6.07) is 0. The second kappa shape index (κ2) is 6.49. The summed E-state index contributed by atoms with van der Waals surface area (Å²) in [6.07, 6.45) is 0. The highest BCUT2D eigenvalue weighted by Gasteiger charge is 2.44. The van der Waals surface area contributed by atoms with Crippen LogP contribution in [0.3, 0.4) is 0 Å². The van der Waals surface area contributed by atoms with Crippen molar-refractivity contribution >= 4 is 40.3 Å². The van der Waals surface area contributed by atoms with E-state index in [1.54, 1.807) is 0 Å². The molecule has 1 unspecified atom stereocenters. The highest BCUT2D eigenvalue weighted by molar-refractivity contribution is 7.68. The molecule has 0 saturated carbocycles. The standard InChI is InChI=1S/C13H40N3PSi4/c1-17(14-18(2,3)4,15-19(5,6)7)16(20(8,9)10)21(11,12)13/h14H,1-13H3. The molecule has 1 N–H and O–H groups in total. The monoisotopic (exact) mass is 381 g/mol. The first-order valence-electron chi connectivity index (χ1n) is 7.99. The third-order valence-electron chi connectivity index (χ3n) is 2.70. The zero-order chi connectivity index (χ0) is 17.5. The molecule has 3 nitrogen and oxygen atoms in total. The molecular weight excluding hydrogens is 341 g/mol. The Labute approximate surface area is 138 Å². The van der Waals surface area contributed by atoms with Gasteiger partial charge in [0.25, 0.3) is 0 Å². The largest absolute Gasteiger partial charge is 0.314 e. The summed E-state index contributed by atoms with van der Waals surface area (Å²) >= 11 is 0. The van der Waals surface area contributed by atoms with Gasteiger partial charge < -0.3 is 8.41 Å². The Bertz CT molecular complexity index is 397. The number of nitrogens with zero attached hydrogens (tertiary/aromatic N) is 2. The maximum atomic E-state index is 5.53. The van der Waals surface area contributed by atoms with Gasteiger partial charge in [-0.05, 0) is 26.3 Å². The van der Waals surface area contributed by atoms with Crippen molar-refractivity contribution in [3.8, 4) is 0 Å². The van der Waals surface area contributed by atoms with E-state index in [0.29, 0.717) is 0 Å². The molecule has 0 amide bonds. The topological polar surface area (TPSA) is 27.6 Å². The van der Waals surface area contributed by atoms with E-state index in [-0.39, 0.29) is 0 Å². The highest BCUT2D eigenvalue weighted by atomic mass is 31.2. The second-order valence-corrected chi connectivity index (χ2v) is 33.7. The number of nitrogens with one attached hydrogen (secondary N) is 1. The summed E-state index contributed by atoms with van der Waals surface area (Å²) in [6.45, 7) is 31.8. The quantitative estimate of drug-likeness (QED) is 0.459. The zero-order valence-corrected chi connectivity index (χ0v) is 21.7. The van der Waals surface area contributed by atoms with Crippen LogP contribution in [0.2, 0.25) is 78.6 Å². The molecule has 0 bridgehead atoms. The summed E-state index contributed by atoms with van der Waals surface area (Å²) in [7, 11) is -7.32. The van der Waals surface area contributed by atoms with E-state index in [2.05, 4.69) is 94.0 Å². The molecule has 0 radical (unpaired) electrons. The van der Waals surface area contributed by atoms with Crippen molar-refractivity contribution in [2.24, 2.45) is 4.41 Å². The first-order chi connectivity index (χ1) is 8.78. The molecular formula is C13H40N3PSi4. The molecule has 128 valence electrons. The summed E-state index contributed by atoms with van der Waals surface area (Å²) < 4.78 is 12.6. The van der Waals surface area contributed by atoms with E-state index in [9.17, 15) is 0 Å². The van der Waals surface area contributed by atoms with Crippen LogP contribution in [-0.2, 0) is 0 Å². The maximum absolute atomic E-state index is 5.53. The van der Waals surface area contributed by atoms with Gasteiger partial charge in [-0.1, -0.05) is 58.9 Å². The van der Waals surface area contributed by atoms with Crippen LogP contribution >= 0.6 is 7.36 Å². The lowest BCUT2D eigenvalue weighted by atomic mass is 11.8. The fourth-order valence-corrected chi connectivity index (χ4v) is 33.8. The van der Waals surface area contributed by atoms with Crippen LogP contribution in [0.1, 0.15) is 0 Å². The molecule has 0 aliphatic heterocycles. The number of hydrogen-bond donors (Lipinski definition) is 1. The first-order valence-corrected chi connectivity index (χ1v) is 24.0. The van der Waals surface area contributed by atoms with Crippen LogP contribution in [0, 0.1) is 0 Å². The third-order valence-corrected chi connectivity index (χ3v) is 24.3. The Hall–Kier alpha value is 1.02. The van der Waals surface area contributed by atoms with Gasteiger partial charge in [0.05, 0.1) is 7.36 Å². The van der Waals surface area contributed by atoms with Crippen molar-refractivity contribution in [3.05, 3.63) is 0 Å². The van der Waals surface area contributed by atoms with Crippen molar-refractivity contribution in [3.63, 3.8) is 0 Å². The van der Waals surface area contributed by atoms with Crippen LogP contribution < -0.4 is 4.75 Å². The molecule has 21 heavy (non-hydrogen) atoms. The minimum Gasteiger partial charge on any atom is -0.314 e. The summed E-state index contributed by atoms with van der Waals surface area (Å²) in [5.74, 6) is 0. The Morgan fingerprint density at radius 1 is 0.714 bits per heavy atom. The second-order valence-electron chi connectivity index (χ2n) is 10.2. The minimum absolute atomic E-state index is 1.38. The predicted octanol–water partition coefficient (Wildman–Crippen LogP) is 5.88. The lowest BCUT2D eigenvalue weighted by molar-refractivity contribution is 0.942. The van der Waals surface area contributed by atoms with Crippen molar-refractivity contribution in [2.45, 2.75) is 78.6 Å². The van der Waals surface area contributed by atoms with Gasteiger partial charge in [0.2, 0.25) is 0 Å². The fourth-order valence-electron chi connectivity index (χ4n) is 3.51. The first kappa shape index (κ1) is 22.0. The van der Waals surface area contributed by atoms with E-state index in [1.165, 1.54) is 0 Å².